The molecule has 11 heavy (non-hydrogen) atoms. The van der Waals surface area contributed by atoms with Crippen molar-refractivity contribution < 1.29 is 5.11 Å². The van der Waals surface area contributed by atoms with E-state index in [0.29, 0.717) is 12.5 Å². The van der Waals surface area contributed by atoms with Crippen molar-refractivity contribution >= 4 is 0 Å². The minimum absolute atomic E-state index is 0.370. The summed E-state index contributed by atoms with van der Waals surface area (Å²) in [5.41, 5.74) is 0. The molecule has 1 N–H and O–H groups in total. The lowest BCUT2D eigenvalue weighted by Gasteiger charge is -2.42. The minimum atomic E-state index is 0.370. The van der Waals surface area contributed by atoms with Crippen molar-refractivity contribution in [2.24, 2.45) is 5.92 Å². The first-order chi connectivity index (χ1) is 5.27. The number of hydrogen-bond acceptors (Lipinski definition) is 2. The molecule has 1 fully saturated rings. The van der Waals surface area contributed by atoms with Crippen molar-refractivity contribution in [3.05, 3.63) is 0 Å². The molecule has 2 nitrogen and oxygen atoms in total. The third kappa shape index (κ3) is 2.17. The van der Waals surface area contributed by atoms with Crippen LogP contribution in [0.5, 0.6) is 0 Å². The third-order valence-electron chi connectivity index (χ3n) is 2.57. The Kier molecular flexibility index (Phi) is 3.34. The van der Waals surface area contributed by atoms with Gasteiger partial charge in [0.2, 0.25) is 0 Å². The molecule has 2 heteroatoms. The third-order valence-corrected chi connectivity index (χ3v) is 2.57. The lowest BCUT2D eigenvalue weighted by Crippen LogP contribution is -2.52. The van der Waals surface area contributed by atoms with Gasteiger partial charge >= 0.3 is 0 Å². The van der Waals surface area contributed by atoms with E-state index in [1.807, 2.05) is 0 Å². The minimum Gasteiger partial charge on any atom is -0.396 e. The van der Waals surface area contributed by atoms with Gasteiger partial charge in [-0.2, -0.15) is 0 Å². The average Bonchev–Trinajstić information content (AvgIpc) is 1.86. The van der Waals surface area contributed by atoms with Gasteiger partial charge in [-0.05, 0) is 13.3 Å². The van der Waals surface area contributed by atoms with Crippen LogP contribution >= 0.6 is 0 Å². The van der Waals surface area contributed by atoms with Gasteiger partial charge in [0.1, 0.15) is 0 Å². The number of likely N-dealkylation sites (tertiary alicyclic amines) is 1. The molecule has 0 aliphatic carbocycles. The fourth-order valence-electron chi connectivity index (χ4n) is 1.69. The van der Waals surface area contributed by atoms with Gasteiger partial charge in [0.05, 0.1) is 0 Å². The van der Waals surface area contributed by atoms with Crippen LogP contribution in [0.3, 0.4) is 0 Å². The van der Waals surface area contributed by atoms with E-state index in [-0.39, 0.29) is 0 Å². The molecule has 1 aliphatic heterocycles. The van der Waals surface area contributed by atoms with Crippen LogP contribution in [-0.2, 0) is 0 Å². The van der Waals surface area contributed by atoms with Crippen LogP contribution in [0.1, 0.15) is 26.7 Å². The van der Waals surface area contributed by atoms with E-state index >= 15 is 0 Å². The number of aliphatic hydroxyl groups excluding tert-OH is 1. The van der Waals surface area contributed by atoms with Gasteiger partial charge in [-0.3, -0.25) is 4.90 Å². The predicted molar refractivity (Wildman–Crippen MR) is 46.5 cm³/mol. The lowest BCUT2D eigenvalue weighted by atomic mass is 9.97. The number of rotatable bonds is 4. The monoisotopic (exact) mass is 157 g/mol. The van der Waals surface area contributed by atoms with E-state index in [4.69, 9.17) is 5.11 Å². The summed E-state index contributed by atoms with van der Waals surface area (Å²) in [5.74, 6) is 0.564. The van der Waals surface area contributed by atoms with Crippen LogP contribution in [0, 0.1) is 5.92 Å². The second-order valence-corrected chi connectivity index (χ2v) is 3.64. The molecule has 1 aliphatic rings. The van der Waals surface area contributed by atoms with Gasteiger partial charge in [-0.25, -0.2) is 0 Å². The van der Waals surface area contributed by atoms with Crippen molar-refractivity contribution in [1.29, 1.82) is 0 Å². The quantitative estimate of drug-likeness (QED) is 0.660. The molecule has 0 saturated carbocycles. The molecule has 1 heterocycles. The summed E-state index contributed by atoms with van der Waals surface area (Å²) in [6.07, 6.45) is 2.56. The average molecular weight is 157 g/mol. The summed E-state index contributed by atoms with van der Waals surface area (Å²) in [6.45, 7) is 7.08. The van der Waals surface area contributed by atoms with Crippen LogP contribution in [0.2, 0.25) is 0 Å². The van der Waals surface area contributed by atoms with E-state index in [1.165, 1.54) is 12.8 Å². The van der Waals surface area contributed by atoms with Gasteiger partial charge in [0, 0.05) is 31.7 Å². The normalized spacial score (nSPS) is 23.2. The SMILES string of the molecule is CCCC(C)N1CC(CO)C1. The largest absolute Gasteiger partial charge is 0.396 e. The van der Waals surface area contributed by atoms with Crippen LogP contribution in [0.25, 0.3) is 0 Å². The summed E-state index contributed by atoms with van der Waals surface area (Å²) in [7, 11) is 0. The number of aliphatic hydroxyl groups is 1. The van der Waals surface area contributed by atoms with E-state index in [9.17, 15) is 0 Å². The molecule has 0 aromatic heterocycles. The van der Waals surface area contributed by atoms with E-state index in [0.717, 1.165) is 19.1 Å². The fourth-order valence-corrected chi connectivity index (χ4v) is 1.69. The maximum Gasteiger partial charge on any atom is 0.0483 e. The van der Waals surface area contributed by atoms with Gasteiger partial charge < -0.3 is 5.11 Å². The van der Waals surface area contributed by atoms with Crippen molar-refractivity contribution in [1.82, 2.24) is 4.90 Å². The highest BCUT2D eigenvalue weighted by Gasteiger charge is 2.28. The Balaban J connectivity index is 2.10. The molecule has 0 radical (unpaired) electrons. The van der Waals surface area contributed by atoms with Crippen LogP contribution < -0.4 is 0 Å². The standard InChI is InChI=1S/C9H19NO/c1-3-4-8(2)10-5-9(6-10)7-11/h8-9,11H,3-7H2,1-2H3. The summed E-state index contributed by atoms with van der Waals surface area (Å²) in [5, 5.41) is 8.79. The Labute approximate surface area is 69.2 Å². The van der Waals surface area contributed by atoms with Crippen molar-refractivity contribution in [3.8, 4) is 0 Å². The van der Waals surface area contributed by atoms with E-state index in [2.05, 4.69) is 18.7 Å². The summed E-state index contributed by atoms with van der Waals surface area (Å²) in [4.78, 5) is 2.45. The van der Waals surface area contributed by atoms with Crippen molar-refractivity contribution in [2.45, 2.75) is 32.7 Å². The van der Waals surface area contributed by atoms with Gasteiger partial charge in [-0.1, -0.05) is 13.3 Å². The first-order valence-corrected chi connectivity index (χ1v) is 4.62. The Morgan fingerprint density at radius 1 is 1.55 bits per heavy atom. The zero-order chi connectivity index (χ0) is 8.27. The molecular weight excluding hydrogens is 138 g/mol. The Hall–Kier alpha value is -0.0800. The summed E-state index contributed by atoms with van der Waals surface area (Å²) < 4.78 is 0. The molecule has 1 atom stereocenters. The zero-order valence-electron chi connectivity index (χ0n) is 7.58. The molecule has 1 unspecified atom stereocenters. The maximum absolute atomic E-state index is 8.79. The van der Waals surface area contributed by atoms with E-state index in [1.54, 1.807) is 0 Å². The topological polar surface area (TPSA) is 23.5 Å². The predicted octanol–water partition coefficient (Wildman–Crippen LogP) is 1.10. The summed E-state index contributed by atoms with van der Waals surface area (Å²) >= 11 is 0. The fraction of sp³-hybridized carbons (Fsp3) is 1.00. The molecule has 1 rings (SSSR count). The highest BCUT2D eigenvalue weighted by Crippen LogP contribution is 2.19. The molecular formula is C9H19NO. The van der Waals surface area contributed by atoms with E-state index < -0.39 is 0 Å². The molecule has 66 valence electrons. The molecule has 0 spiro atoms. The number of hydrogen-bond donors (Lipinski definition) is 1. The van der Waals surface area contributed by atoms with Crippen molar-refractivity contribution in [2.75, 3.05) is 19.7 Å². The van der Waals surface area contributed by atoms with Crippen molar-refractivity contribution in [3.63, 3.8) is 0 Å². The second-order valence-electron chi connectivity index (χ2n) is 3.64. The lowest BCUT2D eigenvalue weighted by molar-refractivity contribution is 0.0224. The first kappa shape index (κ1) is 9.01. The zero-order valence-corrected chi connectivity index (χ0v) is 7.58. The van der Waals surface area contributed by atoms with Crippen LogP contribution in [-0.4, -0.2) is 35.7 Å². The van der Waals surface area contributed by atoms with Crippen LogP contribution in [0.15, 0.2) is 0 Å². The molecule has 0 aromatic carbocycles. The Morgan fingerprint density at radius 3 is 2.64 bits per heavy atom. The van der Waals surface area contributed by atoms with Gasteiger partial charge in [-0.15, -0.1) is 0 Å². The smallest absolute Gasteiger partial charge is 0.0483 e. The molecule has 1 saturated heterocycles. The first-order valence-electron chi connectivity index (χ1n) is 4.62. The summed E-state index contributed by atoms with van der Waals surface area (Å²) in [6, 6.07) is 0.725. The maximum atomic E-state index is 8.79. The molecule has 0 amide bonds. The van der Waals surface area contributed by atoms with Gasteiger partial charge in [0.25, 0.3) is 0 Å². The highest BCUT2D eigenvalue weighted by atomic mass is 16.3. The van der Waals surface area contributed by atoms with Gasteiger partial charge in [0.15, 0.2) is 0 Å². The van der Waals surface area contributed by atoms with Crippen LogP contribution in [0.4, 0.5) is 0 Å². The number of nitrogens with zero attached hydrogens (tertiary/aromatic N) is 1. The second kappa shape index (κ2) is 4.07. The highest BCUT2D eigenvalue weighted by molar-refractivity contribution is 4.82. The molecule has 0 bridgehead atoms. The molecule has 0 aromatic rings. The Bertz CT molecular complexity index is 110. The Morgan fingerprint density at radius 2 is 2.18 bits per heavy atom.